The van der Waals surface area contributed by atoms with Gasteiger partial charge in [0, 0.05) is 23.4 Å². The van der Waals surface area contributed by atoms with Crippen LogP contribution in [0.2, 0.25) is 0 Å². The smallest absolute Gasteiger partial charge is 0.313 e. The summed E-state index contributed by atoms with van der Waals surface area (Å²) in [7, 11) is -9.11. The number of aliphatic hydroxyl groups excluding tert-OH is 1. The number of amides is 1. The quantitative estimate of drug-likeness (QED) is 0.127. The third-order valence-electron chi connectivity index (χ3n) is 9.98. The van der Waals surface area contributed by atoms with Crippen LogP contribution < -0.4 is 20.1 Å². The zero-order valence-corrected chi connectivity index (χ0v) is 29.2. The fourth-order valence-corrected chi connectivity index (χ4v) is 8.23. The van der Waals surface area contributed by atoms with Crippen LogP contribution in [-0.4, -0.2) is 41.8 Å². The minimum Gasteiger partial charge on any atom is -0.496 e. The first-order valence-corrected chi connectivity index (χ1v) is 18.4. The van der Waals surface area contributed by atoms with E-state index in [2.05, 4.69) is 10.6 Å². The molecular weight excluding hydrogens is 697 g/mol. The van der Waals surface area contributed by atoms with Crippen molar-refractivity contribution in [1.29, 1.82) is 0 Å². The molecule has 0 saturated heterocycles. The lowest BCUT2D eigenvalue weighted by atomic mass is 9.74. The fourth-order valence-electron chi connectivity index (χ4n) is 7.45. The molecule has 280 valence electrons. The van der Waals surface area contributed by atoms with Gasteiger partial charge in [0.15, 0.2) is 11.6 Å². The summed E-state index contributed by atoms with van der Waals surface area (Å²) >= 11 is 0. The van der Waals surface area contributed by atoms with Crippen molar-refractivity contribution < 1.29 is 57.1 Å². The molecule has 3 fully saturated rings. The largest absolute Gasteiger partial charge is 0.496 e. The molecule has 0 radical (unpaired) electrons. The third kappa shape index (κ3) is 8.28. The molecule has 3 N–H and O–H groups in total. The van der Waals surface area contributed by atoms with Gasteiger partial charge < -0.3 is 24.6 Å². The average Bonchev–Trinajstić information content (AvgIpc) is 3.60. The number of rotatable bonds is 10. The molecule has 0 spiro atoms. The van der Waals surface area contributed by atoms with Gasteiger partial charge in [-0.05, 0) is 109 Å². The highest BCUT2D eigenvalue weighted by Crippen LogP contribution is 3.02. The molecule has 2 bridgehead atoms. The molecule has 0 aromatic heterocycles. The standard InChI is InChI=1S/C34H43F7N2O6S/c1-33(2,3)49-32(46)34(4)12-10-21(11-13-34)48-26-16-22(25(47-5)17-24(26)36)30(44)43-29-19-7-6-18(14-19)28(29)31(45)42-20-8-9-23(35)27(15-20)50(37,38,39,40)41/h8-9,15-19,21,28-30,43-44H,6-7,10-14H2,1-5H3,(H,42,45)/t18-,19+,21?,28+,29-,30?,34?/m0/s1. The highest BCUT2D eigenvalue weighted by atomic mass is 32.5. The second-order valence-corrected chi connectivity index (χ2v) is 17.3. The number of benzene rings is 2. The molecule has 1 unspecified atom stereocenters. The lowest BCUT2D eigenvalue weighted by molar-refractivity contribution is -0.169. The molecule has 5 atom stereocenters. The Morgan fingerprint density at radius 3 is 2.18 bits per heavy atom. The number of hydrogen-bond donors (Lipinski definition) is 3. The Bertz CT molecular complexity index is 1640. The zero-order valence-electron chi connectivity index (χ0n) is 28.3. The van der Waals surface area contributed by atoms with E-state index in [-0.39, 0.29) is 47.0 Å². The summed E-state index contributed by atoms with van der Waals surface area (Å²) in [6.07, 6.45) is 1.69. The first-order valence-electron chi connectivity index (χ1n) is 16.4. The van der Waals surface area contributed by atoms with Crippen molar-refractivity contribution >= 4 is 27.8 Å². The van der Waals surface area contributed by atoms with E-state index < -0.39 is 73.7 Å². The lowest BCUT2D eigenvalue weighted by Gasteiger charge is -2.40. The second kappa shape index (κ2) is 12.5. The molecule has 0 aliphatic heterocycles. The normalized spacial score (nSPS) is 28.7. The van der Waals surface area contributed by atoms with Gasteiger partial charge in [-0.1, -0.05) is 19.4 Å². The van der Waals surface area contributed by atoms with Crippen LogP contribution in [0.1, 0.15) is 84.4 Å². The summed E-state index contributed by atoms with van der Waals surface area (Å²) < 4.78 is 113. The summed E-state index contributed by atoms with van der Waals surface area (Å²) in [5.41, 5.74) is -1.92. The first-order chi connectivity index (χ1) is 22.9. The number of halogens is 7. The molecule has 3 aliphatic rings. The van der Waals surface area contributed by atoms with E-state index >= 15 is 4.39 Å². The Balaban J connectivity index is 1.30. The van der Waals surface area contributed by atoms with Crippen LogP contribution in [0.3, 0.4) is 0 Å². The second-order valence-electron chi connectivity index (χ2n) is 15.0. The number of ether oxygens (including phenoxy) is 3. The monoisotopic (exact) mass is 740 g/mol. The SMILES string of the molecule is COc1cc(F)c(OC2CCC(C)(C(=O)OC(C)(C)C)CC2)cc1C(O)N[C@H]1[C@@H]2CC[C@@H](C2)[C@H]1C(=O)Nc1ccc(F)c(S(F)(F)(F)(F)F)c1. The van der Waals surface area contributed by atoms with Crippen molar-refractivity contribution in [1.82, 2.24) is 5.32 Å². The summed E-state index contributed by atoms with van der Waals surface area (Å²) in [5, 5.41) is 16.6. The molecule has 1 amide bonds. The van der Waals surface area contributed by atoms with Crippen LogP contribution in [0.5, 0.6) is 11.5 Å². The summed E-state index contributed by atoms with van der Waals surface area (Å²) in [4.78, 5) is 23.5. The van der Waals surface area contributed by atoms with Crippen LogP contribution in [0, 0.1) is 34.8 Å². The van der Waals surface area contributed by atoms with Gasteiger partial charge in [-0.3, -0.25) is 14.9 Å². The van der Waals surface area contributed by atoms with Gasteiger partial charge in [0.25, 0.3) is 0 Å². The Morgan fingerprint density at radius 2 is 1.58 bits per heavy atom. The first kappa shape index (κ1) is 38.0. The number of hydrogen-bond acceptors (Lipinski definition) is 7. The third-order valence-corrected chi connectivity index (χ3v) is 11.1. The van der Waals surface area contributed by atoms with Crippen LogP contribution >= 0.6 is 10.2 Å². The van der Waals surface area contributed by atoms with E-state index in [1.54, 1.807) is 20.8 Å². The maximum absolute atomic E-state index is 15.2. The fraction of sp³-hybridized carbons (Fsp3) is 0.588. The van der Waals surface area contributed by atoms with Gasteiger partial charge in [0.1, 0.15) is 28.3 Å². The van der Waals surface area contributed by atoms with Crippen molar-refractivity contribution in [2.75, 3.05) is 12.4 Å². The Kier molecular flexibility index (Phi) is 9.47. The van der Waals surface area contributed by atoms with Crippen molar-refractivity contribution in [2.45, 2.75) is 102 Å². The van der Waals surface area contributed by atoms with Gasteiger partial charge >= 0.3 is 16.2 Å². The van der Waals surface area contributed by atoms with Gasteiger partial charge in [0.05, 0.1) is 24.5 Å². The minimum absolute atomic E-state index is 0.0185. The van der Waals surface area contributed by atoms with Gasteiger partial charge in [-0.25, -0.2) is 8.78 Å². The zero-order chi connectivity index (χ0) is 37.1. The number of methoxy groups -OCH3 is 1. The number of carbonyl (C=O) groups excluding carboxylic acids is 2. The number of carbonyl (C=O) groups is 2. The van der Waals surface area contributed by atoms with Crippen molar-refractivity contribution in [2.24, 2.45) is 23.2 Å². The molecule has 8 nitrogen and oxygen atoms in total. The molecule has 0 heterocycles. The summed E-state index contributed by atoms with van der Waals surface area (Å²) in [6.45, 7) is 7.20. The predicted molar refractivity (Wildman–Crippen MR) is 172 cm³/mol. The maximum atomic E-state index is 15.2. The Labute approximate surface area is 286 Å². The molecule has 50 heavy (non-hydrogen) atoms. The molecule has 3 saturated carbocycles. The molecule has 16 heteroatoms. The van der Waals surface area contributed by atoms with Crippen molar-refractivity contribution in [3.8, 4) is 11.5 Å². The number of anilines is 1. The highest BCUT2D eigenvalue weighted by molar-refractivity contribution is 8.45. The number of aliphatic hydroxyl groups is 1. The molecule has 2 aromatic rings. The van der Waals surface area contributed by atoms with E-state index in [0.717, 1.165) is 12.1 Å². The van der Waals surface area contributed by atoms with Crippen LogP contribution in [0.25, 0.3) is 0 Å². The van der Waals surface area contributed by atoms with Crippen LogP contribution in [-0.2, 0) is 14.3 Å². The van der Waals surface area contributed by atoms with Gasteiger partial charge in [0.2, 0.25) is 5.91 Å². The topological polar surface area (TPSA) is 106 Å². The van der Waals surface area contributed by atoms with Crippen molar-refractivity contribution in [3.05, 3.63) is 47.5 Å². The predicted octanol–water partition coefficient (Wildman–Crippen LogP) is 8.93. The van der Waals surface area contributed by atoms with Crippen LogP contribution in [0.4, 0.5) is 33.9 Å². The highest BCUT2D eigenvalue weighted by Gasteiger charge is 2.67. The van der Waals surface area contributed by atoms with Gasteiger partial charge in [-0.15, -0.1) is 0 Å². The lowest BCUT2D eigenvalue weighted by Crippen LogP contribution is -2.47. The molecule has 5 rings (SSSR count). The maximum Gasteiger partial charge on any atom is 0.313 e. The van der Waals surface area contributed by atoms with Crippen molar-refractivity contribution in [3.63, 3.8) is 0 Å². The van der Waals surface area contributed by atoms with E-state index in [0.29, 0.717) is 44.9 Å². The van der Waals surface area contributed by atoms with E-state index in [4.69, 9.17) is 14.2 Å². The molecule has 2 aromatic carbocycles. The summed E-state index contributed by atoms with van der Waals surface area (Å²) in [6, 6.07) is 2.50. The van der Waals surface area contributed by atoms with E-state index in [1.807, 2.05) is 6.92 Å². The molecule has 3 aliphatic carbocycles. The Morgan fingerprint density at radius 1 is 0.940 bits per heavy atom. The van der Waals surface area contributed by atoms with E-state index in [9.17, 15) is 38.5 Å². The van der Waals surface area contributed by atoms with E-state index in [1.165, 1.54) is 13.2 Å². The minimum atomic E-state index is -10.4. The van der Waals surface area contributed by atoms with Crippen LogP contribution in [0.15, 0.2) is 35.2 Å². The average molecular weight is 741 g/mol. The number of nitrogens with one attached hydrogen (secondary N) is 2. The number of fused-ring (bicyclic) bond motifs is 2. The Hall–Kier alpha value is -3.24. The van der Waals surface area contributed by atoms with Gasteiger partial charge in [-0.2, -0.15) is 0 Å². The molecular formula is C34H43F7N2O6S. The summed E-state index contributed by atoms with van der Waals surface area (Å²) in [5.74, 6) is -5.43. The number of esters is 1.